The van der Waals surface area contributed by atoms with Crippen LogP contribution in [0.25, 0.3) is 10.4 Å². The smallest absolute Gasteiger partial charge is 0.370 e. The average Bonchev–Trinajstić information content (AvgIpc) is 2.46. The molecule has 0 aromatic rings. The molecule has 0 bridgehead atoms. The summed E-state index contributed by atoms with van der Waals surface area (Å²) in [5.41, 5.74) is 8.55. The van der Waals surface area contributed by atoms with Crippen molar-refractivity contribution in [3.8, 4) is 0 Å². The first-order valence-corrected chi connectivity index (χ1v) is 6.21. The summed E-state index contributed by atoms with van der Waals surface area (Å²) in [5, 5.41) is 43.1. The van der Waals surface area contributed by atoms with E-state index in [1.165, 1.54) is 0 Å². The minimum atomic E-state index is -1.72. The highest BCUT2D eigenvalue weighted by Gasteiger charge is 2.43. The van der Waals surface area contributed by atoms with Gasteiger partial charge in [-0.2, -0.15) is 0 Å². The number of nitrogens with one attached hydrogen (secondary N) is 1. The van der Waals surface area contributed by atoms with Gasteiger partial charge < -0.3 is 30.5 Å². The number of aliphatic hydroxyl groups excluding tert-OH is 3. The fourth-order valence-corrected chi connectivity index (χ4v) is 2.01. The lowest BCUT2D eigenvalue weighted by atomic mass is 9.92. The van der Waals surface area contributed by atoms with Gasteiger partial charge in [-0.15, -0.1) is 0 Å². The predicted octanol–water partition coefficient (Wildman–Crippen LogP) is -1.75. The lowest BCUT2D eigenvalue weighted by Crippen LogP contribution is -2.59. The van der Waals surface area contributed by atoms with Gasteiger partial charge in [0.1, 0.15) is 18.3 Å². The summed E-state index contributed by atoms with van der Waals surface area (Å²) in [5.74, 6) is -2.63. The number of hydrogen-bond donors (Lipinski definition) is 5. The highest BCUT2D eigenvalue weighted by atomic mass is 16.5. The molecule has 122 valence electrons. The first kappa shape index (κ1) is 17.7. The van der Waals surface area contributed by atoms with Gasteiger partial charge in [0.05, 0.1) is 18.7 Å². The molecule has 1 amide bonds. The summed E-state index contributed by atoms with van der Waals surface area (Å²) in [6.45, 7) is 0.349. The van der Waals surface area contributed by atoms with Crippen molar-refractivity contribution in [3.05, 3.63) is 22.3 Å². The number of amides is 1. The van der Waals surface area contributed by atoms with Crippen LogP contribution in [-0.2, 0) is 14.3 Å². The fourth-order valence-electron chi connectivity index (χ4n) is 2.01. The average molecular weight is 316 g/mol. The molecule has 11 nitrogen and oxygen atoms in total. The molecule has 5 atom stereocenters. The summed E-state index contributed by atoms with van der Waals surface area (Å²) in [6.07, 6.45) is -3.81. The van der Waals surface area contributed by atoms with Gasteiger partial charge in [0.2, 0.25) is 11.7 Å². The van der Waals surface area contributed by atoms with E-state index in [1.807, 2.05) is 0 Å². The van der Waals surface area contributed by atoms with Gasteiger partial charge in [-0.3, -0.25) is 4.79 Å². The number of rotatable bonds is 6. The Hall–Kier alpha value is -2.33. The van der Waals surface area contributed by atoms with Crippen LogP contribution in [0.1, 0.15) is 6.92 Å². The third-order valence-corrected chi connectivity index (χ3v) is 2.99. The zero-order chi connectivity index (χ0) is 16.9. The topological polar surface area (TPSA) is 185 Å². The molecule has 22 heavy (non-hydrogen) atoms. The number of carboxylic acid groups (broad SMARTS) is 1. The maximum absolute atomic E-state index is 11.3. The highest BCUT2D eigenvalue weighted by Crippen LogP contribution is 2.24. The lowest BCUT2D eigenvalue weighted by Gasteiger charge is -2.38. The van der Waals surface area contributed by atoms with Crippen LogP contribution in [0.15, 0.2) is 16.9 Å². The summed E-state index contributed by atoms with van der Waals surface area (Å²) in [6, 6.07) is -2.27. The number of hydrogen-bond acceptors (Lipinski definition) is 7. The van der Waals surface area contributed by atoms with Crippen LogP contribution in [0.2, 0.25) is 0 Å². The zero-order valence-corrected chi connectivity index (χ0v) is 11.5. The van der Waals surface area contributed by atoms with Crippen LogP contribution in [0, 0.1) is 0 Å². The summed E-state index contributed by atoms with van der Waals surface area (Å²) >= 11 is 0. The van der Waals surface area contributed by atoms with Gasteiger partial charge in [0.25, 0.3) is 0 Å². The zero-order valence-electron chi connectivity index (χ0n) is 11.5. The van der Waals surface area contributed by atoms with Crippen LogP contribution >= 0.6 is 0 Å². The molecule has 0 unspecified atom stereocenters. The molecule has 11 heteroatoms. The summed E-state index contributed by atoms with van der Waals surface area (Å²) in [4.78, 5) is 24.8. The van der Waals surface area contributed by atoms with Gasteiger partial charge in [0, 0.05) is 11.8 Å². The molecular formula is C11H16N4O7. The van der Waals surface area contributed by atoms with Gasteiger partial charge in [-0.05, 0) is 11.6 Å². The molecule has 1 aliphatic heterocycles. The first-order chi connectivity index (χ1) is 10.3. The monoisotopic (exact) mass is 316 g/mol. The number of carboxylic acids is 1. The number of ether oxygens (including phenoxy) is 1. The number of carbonyl (C=O) groups excluding carboxylic acids is 1. The van der Waals surface area contributed by atoms with E-state index < -0.39 is 54.6 Å². The normalized spacial score (nSPS) is 26.7. The number of carbonyl (C=O) groups is 2. The number of azide groups is 1. The standard InChI is InChI=1S/C11H16N4O7/c1-4(17)13-8-5(14-15-12)2-7(11(20)21)22-10(8)9(19)6(18)3-16/h2,5-6,8-10,16,18-19H,3H2,1H3,(H,13,17)(H,20,21)/t5-,6-,8-,9-,10-/m1/s1. The van der Waals surface area contributed by atoms with Crippen LogP contribution in [0.3, 0.4) is 0 Å². The minimum Gasteiger partial charge on any atom is -0.478 e. The second-order valence-corrected chi connectivity index (χ2v) is 4.58. The quantitative estimate of drug-likeness (QED) is 0.218. The Kier molecular flexibility index (Phi) is 6.13. The van der Waals surface area contributed by atoms with Crippen molar-refractivity contribution in [2.24, 2.45) is 5.11 Å². The van der Waals surface area contributed by atoms with E-state index >= 15 is 0 Å². The lowest BCUT2D eigenvalue weighted by molar-refractivity contribution is -0.145. The molecule has 1 heterocycles. The molecule has 0 fully saturated rings. The fraction of sp³-hybridized carbons (Fsp3) is 0.636. The van der Waals surface area contributed by atoms with E-state index in [1.54, 1.807) is 0 Å². The third kappa shape index (κ3) is 4.09. The van der Waals surface area contributed by atoms with E-state index in [-0.39, 0.29) is 0 Å². The van der Waals surface area contributed by atoms with Gasteiger partial charge in [-0.25, -0.2) is 4.79 Å². The van der Waals surface area contributed by atoms with Crippen LogP contribution in [0.4, 0.5) is 0 Å². The van der Waals surface area contributed by atoms with Crippen LogP contribution in [-0.4, -0.2) is 69.3 Å². The molecule has 0 saturated carbocycles. The second kappa shape index (κ2) is 7.61. The van der Waals surface area contributed by atoms with Gasteiger partial charge in [-0.1, -0.05) is 5.11 Å². The van der Waals surface area contributed by atoms with Crippen LogP contribution in [0.5, 0.6) is 0 Å². The molecule has 0 aromatic heterocycles. The maximum Gasteiger partial charge on any atom is 0.370 e. The summed E-state index contributed by atoms with van der Waals surface area (Å²) < 4.78 is 5.07. The Bertz CT molecular complexity index is 517. The van der Waals surface area contributed by atoms with Crippen molar-refractivity contribution in [3.63, 3.8) is 0 Å². The van der Waals surface area contributed by atoms with E-state index in [0.29, 0.717) is 0 Å². The Morgan fingerprint density at radius 3 is 2.64 bits per heavy atom. The second-order valence-electron chi connectivity index (χ2n) is 4.58. The van der Waals surface area contributed by atoms with Crippen molar-refractivity contribution in [1.82, 2.24) is 5.32 Å². The molecule has 1 aliphatic rings. The number of aliphatic carboxylic acids is 1. The summed E-state index contributed by atoms with van der Waals surface area (Å²) in [7, 11) is 0. The van der Waals surface area contributed by atoms with Crippen molar-refractivity contribution < 1.29 is 34.8 Å². The largest absolute Gasteiger partial charge is 0.478 e. The van der Waals surface area contributed by atoms with E-state index in [9.17, 15) is 19.8 Å². The van der Waals surface area contributed by atoms with Crippen molar-refractivity contribution in [2.75, 3.05) is 6.61 Å². The molecular weight excluding hydrogens is 300 g/mol. The van der Waals surface area contributed by atoms with Gasteiger partial charge >= 0.3 is 5.97 Å². The molecule has 0 saturated heterocycles. The maximum atomic E-state index is 11.3. The van der Waals surface area contributed by atoms with E-state index in [2.05, 4.69) is 15.3 Å². The Labute approximate surface area is 124 Å². The number of aliphatic hydroxyl groups is 3. The molecule has 0 aromatic carbocycles. The molecule has 5 N–H and O–H groups in total. The Balaban J connectivity index is 3.23. The molecule has 0 radical (unpaired) electrons. The van der Waals surface area contributed by atoms with E-state index in [4.69, 9.17) is 20.5 Å². The first-order valence-electron chi connectivity index (χ1n) is 6.21. The minimum absolute atomic E-state index is 0.547. The molecule has 0 aliphatic carbocycles. The van der Waals surface area contributed by atoms with Crippen molar-refractivity contribution >= 4 is 11.9 Å². The van der Waals surface area contributed by atoms with Crippen molar-refractivity contribution in [2.45, 2.75) is 37.3 Å². The number of nitrogens with zero attached hydrogens (tertiary/aromatic N) is 3. The van der Waals surface area contributed by atoms with Crippen molar-refractivity contribution in [1.29, 1.82) is 0 Å². The molecule has 0 spiro atoms. The third-order valence-electron chi connectivity index (χ3n) is 2.99. The van der Waals surface area contributed by atoms with Crippen LogP contribution < -0.4 is 5.32 Å². The highest BCUT2D eigenvalue weighted by molar-refractivity contribution is 5.84. The Morgan fingerprint density at radius 2 is 2.18 bits per heavy atom. The molecule has 1 rings (SSSR count). The SMILES string of the molecule is CC(=O)N[C@H]1[C@H]([C@H](O)[C@H](O)CO)OC(C(=O)O)=C[C@H]1N=[N+]=[N-]. The Morgan fingerprint density at radius 1 is 1.55 bits per heavy atom. The predicted molar refractivity (Wildman–Crippen MR) is 70.2 cm³/mol. The van der Waals surface area contributed by atoms with E-state index in [0.717, 1.165) is 13.0 Å². The van der Waals surface area contributed by atoms with Gasteiger partial charge in [0.15, 0.2) is 0 Å².